The minimum absolute atomic E-state index is 0.167. The van der Waals surface area contributed by atoms with Crippen molar-refractivity contribution < 1.29 is 9.47 Å². The van der Waals surface area contributed by atoms with Crippen molar-refractivity contribution in [1.29, 1.82) is 5.26 Å². The zero-order valence-electron chi connectivity index (χ0n) is 9.60. The molecule has 0 bridgehead atoms. The molecule has 2 unspecified atom stereocenters. The smallest absolute Gasteiger partial charge is 0.169 e. The SMILES string of the molecule is COCC(C)NC(=S)N1CCOC(C#N)C1. The fourth-order valence-corrected chi connectivity index (χ4v) is 1.87. The largest absolute Gasteiger partial charge is 0.383 e. The minimum atomic E-state index is -0.383. The molecule has 0 amide bonds. The van der Waals surface area contributed by atoms with E-state index >= 15 is 0 Å². The third-order valence-corrected chi connectivity index (χ3v) is 2.66. The lowest BCUT2D eigenvalue weighted by Gasteiger charge is -2.33. The van der Waals surface area contributed by atoms with Crippen LogP contribution in [-0.2, 0) is 9.47 Å². The summed E-state index contributed by atoms with van der Waals surface area (Å²) in [7, 11) is 1.65. The van der Waals surface area contributed by atoms with E-state index in [1.807, 2.05) is 11.8 Å². The van der Waals surface area contributed by atoms with Crippen molar-refractivity contribution in [2.75, 3.05) is 33.4 Å². The molecule has 0 radical (unpaired) electrons. The van der Waals surface area contributed by atoms with Gasteiger partial charge in [-0.25, -0.2) is 0 Å². The molecule has 0 spiro atoms. The molecule has 2 atom stereocenters. The molecule has 1 aliphatic heterocycles. The molecule has 90 valence electrons. The van der Waals surface area contributed by atoms with E-state index in [0.717, 1.165) is 6.54 Å². The zero-order chi connectivity index (χ0) is 12.0. The van der Waals surface area contributed by atoms with E-state index in [-0.39, 0.29) is 12.1 Å². The van der Waals surface area contributed by atoms with Gasteiger partial charge in [0.25, 0.3) is 0 Å². The zero-order valence-corrected chi connectivity index (χ0v) is 10.4. The second-order valence-electron chi connectivity index (χ2n) is 3.74. The number of thiocarbonyl (C=S) groups is 1. The van der Waals surface area contributed by atoms with Crippen LogP contribution in [0.2, 0.25) is 0 Å². The Balaban J connectivity index is 2.39. The summed E-state index contributed by atoms with van der Waals surface area (Å²) in [5.74, 6) is 0. The first-order valence-corrected chi connectivity index (χ1v) is 5.63. The number of nitrogens with one attached hydrogen (secondary N) is 1. The van der Waals surface area contributed by atoms with Gasteiger partial charge in [-0.2, -0.15) is 5.26 Å². The Kier molecular flexibility index (Phi) is 5.46. The van der Waals surface area contributed by atoms with Crippen molar-refractivity contribution in [2.45, 2.75) is 19.1 Å². The van der Waals surface area contributed by atoms with Gasteiger partial charge in [-0.3, -0.25) is 0 Å². The van der Waals surface area contributed by atoms with Crippen molar-refractivity contribution in [2.24, 2.45) is 0 Å². The molecule has 0 saturated carbocycles. The van der Waals surface area contributed by atoms with Gasteiger partial charge in [-0.05, 0) is 19.1 Å². The number of rotatable bonds is 3. The summed E-state index contributed by atoms with van der Waals surface area (Å²) in [5, 5.41) is 12.6. The number of hydrogen-bond donors (Lipinski definition) is 1. The summed E-state index contributed by atoms with van der Waals surface area (Å²) in [5.41, 5.74) is 0. The highest BCUT2D eigenvalue weighted by molar-refractivity contribution is 7.80. The normalized spacial score (nSPS) is 22.3. The first kappa shape index (κ1) is 13.2. The van der Waals surface area contributed by atoms with Crippen molar-refractivity contribution in [1.82, 2.24) is 10.2 Å². The Bertz CT molecular complexity index is 280. The van der Waals surface area contributed by atoms with Crippen molar-refractivity contribution >= 4 is 17.3 Å². The quantitative estimate of drug-likeness (QED) is 0.711. The Morgan fingerprint density at radius 2 is 2.56 bits per heavy atom. The van der Waals surface area contributed by atoms with Crippen LogP contribution in [0, 0.1) is 11.3 Å². The highest BCUT2D eigenvalue weighted by atomic mass is 32.1. The molecule has 0 aromatic rings. The number of nitriles is 1. The summed E-state index contributed by atoms with van der Waals surface area (Å²) >= 11 is 5.26. The van der Waals surface area contributed by atoms with Gasteiger partial charge in [0.05, 0.1) is 25.8 Å². The first-order chi connectivity index (χ1) is 7.67. The molecule has 5 nitrogen and oxygen atoms in total. The Morgan fingerprint density at radius 1 is 1.81 bits per heavy atom. The molecule has 6 heteroatoms. The van der Waals surface area contributed by atoms with E-state index in [2.05, 4.69) is 11.4 Å². The number of methoxy groups -OCH3 is 1. The molecule has 0 aliphatic carbocycles. The van der Waals surface area contributed by atoms with Crippen LogP contribution in [0.25, 0.3) is 0 Å². The van der Waals surface area contributed by atoms with Gasteiger partial charge in [0.2, 0.25) is 0 Å². The van der Waals surface area contributed by atoms with Gasteiger partial charge in [0.1, 0.15) is 0 Å². The number of morpholine rings is 1. The number of hydrogen-bond acceptors (Lipinski definition) is 4. The Hall–Kier alpha value is -0.900. The van der Waals surface area contributed by atoms with Gasteiger partial charge < -0.3 is 19.7 Å². The van der Waals surface area contributed by atoms with Crippen LogP contribution < -0.4 is 5.32 Å². The third-order valence-electron chi connectivity index (χ3n) is 2.28. The molecule has 1 aliphatic rings. The van der Waals surface area contributed by atoms with Crippen LogP contribution in [0.4, 0.5) is 0 Å². The minimum Gasteiger partial charge on any atom is -0.383 e. The van der Waals surface area contributed by atoms with Crippen LogP contribution in [0.1, 0.15) is 6.92 Å². The predicted octanol–water partition coefficient (Wildman–Crippen LogP) is 0.120. The second-order valence-corrected chi connectivity index (χ2v) is 4.13. The molecule has 0 aromatic heterocycles. The molecule has 1 heterocycles. The highest BCUT2D eigenvalue weighted by Crippen LogP contribution is 2.04. The Morgan fingerprint density at radius 3 is 3.19 bits per heavy atom. The maximum absolute atomic E-state index is 8.77. The number of ether oxygens (including phenoxy) is 2. The average Bonchev–Trinajstić information content (AvgIpc) is 2.29. The summed E-state index contributed by atoms with van der Waals surface area (Å²) in [6.45, 7) is 4.40. The van der Waals surface area contributed by atoms with Crippen LogP contribution >= 0.6 is 12.2 Å². The third kappa shape index (κ3) is 3.93. The van der Waals surface area contributed by atoms with Crippen LogP contribution in [0.15, 0.2) is 0 Å². The fourth-order valence-electron chi connectivity index (χ4n) is 1.51. The predicted molar refractivity (Wildman–Crippen MR) is 64.0 cm³/mol. The summed E-state index contributed by atoms with van der Waals surface area (Å²) in [4.78, 5) is 1.96. The standard InChI is InChI=1S/C10H17N3O2S/c1-8(7-14-2)12-10(16)13-3-4-15-9(5-11)6-13/h8-9H,3-4,6-7H2,1-2H3,(H,12,16). The first-order valence-electron chi connectivity index (χ1n) is 5.23. The lowest BCUT2D eigenvalue weighted by Crippen LogP contribution is -2.51. The van der Waals surface area contributed by atoms with Crippen molar-refractivity contribution in [3.8, 4) is 6.07 Å². The average molecular weight is 243 g/mol. The lowest BCUT2D eigenvalue weighted by molar-refractivity contribution is 0.0258. The Labute approximate surface area is 101 Å². The van der Waals surface area contributed by atoms with Crippen LogP contribution in [0.3, 0.4) is 0 Å². The van der Waals surface area contributed by atoms with E-state index in [1.165, 1.54) is 0 Å². The molecule has 1 saturated heterocycles. The molecular weight excluding hydrogens is 226 g/mol. The van der Waals surface area contributed by atoms with Gasteiger partial charge >= 0.3 is 0 Å². The van der Waals surface area contributed by atoms with E-state index in [1.54, 1.807) is 7.11 Å². The van der Waals surface area contributed by atoms with Gasteiger partial charge in [-0.15, -0.1) is 0 Å². The van der Waals surface area contributed by atoms with Crippen LogP contribution in [0.5, 0.6) is 0 Å². The van der Waals surface area contributed by atoms with Gasteiger partial charge in [-0.1, -0.05) is 0 Å². The van der Waals surface area contributed by atoms with Crippen molar-refractivity contribution in [3.05, 3.63) is 0 Å². The van der Waals surface area contributed by atoms with E-state index in [9.17, 15) is 0 Å². The summed E-state index contributed by atoms with van der Waals surface area (Å²) in [6, 6.07) is 2.26. The van der Waals surface area contributed by atoms with E-state index in [0.29, 0.717) is 24.9 Å². The van der Waals surface area contributed by atoms with E-state index < -0.39 is 0 Å². The number of nitrogens with zero attached hydrogens (tertiary/aromatic N) is 2. The maximum atomic E-state index is 8.77. The van der Waals surface area contributed by atoms with Gasteiger partial charge in [0, 0.05) is 19.7 Å². The summed E-state index contributed by atoms with van der Waals surface area (Å²) < 4.78 is 10.3. The highest BCUT2D eigenvalue weighted by Gasteiger charge is 2.22. The second kappa shape index (κ2) is 6.63. The monoisotopic (exact) mass is 243 g/mol. The lowest BCUT2D eigenvalue weighted by atomic mass is 10.3. The maximum Gasteiger partial charge on any atom is 0.169 e. The van der Waals surface area contributed by atoms with Crippen molar-refractivity contribution in [3.63, 3.8) is 0 Å². The molecule has 1 fully saturated rings. The topological polar surface area (TPSA) is 57.5 Å². The van der Waals surface area contributed by atoms with Gasteiger partial charge in [0.15, 0.2) is 11.2 Å². The van der Waals surface area contributed by atoms with E-state index in [4.69, 9.17) is 27.0 Å². The summed E-state index contributed by atoms with van der Waals surface area (Å²) in [6.07, 6.45) is -0.383. The van der Waals surface area contributed by atoms with Crippen LogP contribution in [-0.4, -0.2) is 55.6 Å². The molecule has 0 aromatic carbocycles. The molecule has 16 heavy (non-hydrogen) atoms. The molecule has 1 N–H and O–H groups in total. The molecule has 1 rings (SSSR count). The fraction of sp³-hybridized carbons (Fsp3) is 0.800. The molecular formula is C10H17N3O2S.